The molecule has 0 amide bonds. The maximum absolute atomic E-state index is 9.09. The summed E-state index contributed by atoms with van der Waals surface area (Å²) < 4.78 is 6.23. The van der Waals surface area contributed by atoms with Gasteiger partial charge in [0.05, 0.1) is 23.3 Å². The van der Waals surface area contributed by atoms with Gasteiger partial charge in [-0.25, -0.2) is 0 Å². The number of methoxy groups -OCH3 is 1. The van der Waals surface area contributed by atoms with Crippen LogP contribution in [-0.4, -0.2) is 12.2 Å². The molecule has 0 spiro atoms. The highest BCUT2D eigenvalue weighted by Crippen LogP contribution is 2.36. The molecule has 2 rings (SSSR count). The SMILES string of the molecule is COc1ccc2c(CO)csc2c1S. The van der Waals surface area contributed by atoms with Crippen LogP contribution in [0.25, 0.3) is 10.1 Å². The van der Waals surface area contributed by atoms with Crippen LogP contribution >= 0.6 is 24.0 Å². The smallest absolute Gasteiger partial charge is 0.133 e. The number of benzene rings is 1. The van der Waals surface area contributed by atoms with Gasteiger partial charge in [-0.05, 0) is 28.5 Å². The zero-order chi connectivity index (χ0) is 10.1. The molecular weight excluding hydrogens is 216 g/mol. The van der Waals surface area contributed by atoms with Gasteiger partial charge in [-0.15, -0.1) is 24.0 Å². The van der Waals surface area contributed by atoms with Crippen molar-refractivity contribution in [2.45, 2.75) is 11.5 Å². The van der Waals surface area contributed by atoms with E-state index in [1.54, 1.807) is 18.4 Å². The third-order valence-corrected chi connectivity index (χ3v) is 3.81. The Labute approximate surface area is 91.5 Å². The normalized spacial score (nSPS) is 10.8. The summed E-state index contributed by atoms with van der Waals surface area (Å²) in [6, 6.07) is 3.83. The number of rotatable bonds is 2. The Bertz CT molecular complexity index is 462. The molecule has 0 bridgehead atoms. The lowest BCUT2D eigenvalue weighted by molar-refractivity contribution is 0.284. The van der Waals surface area contributed by atoms with Crippen molar-refractivity contribution >= 4 is 34.1 Å². The van der Waals surface area contributed by atoms with E-state index in [2.05, 4.69) is 12.6 Å². The van der Waals surface area contributed by atoms with Gasteiger partial charge in [0.2, 0.25) is 0 Å². The van der Waals surface area contributed by atoms with E-state index in [0.29, 0.717) is 0 Å². The standard InChI is InChI=1S/C10H10O2S2/c1-12-8-3-2-7-6(4-11)5-14-10(7)9(8)13/h2-3,5,11,13H,4H2,1H3. The van der Waals surface area contributed by atoms with Gasteiger partial charge in [0.1, 0.15) is 5.75 Å². The van der Waals surface area contributed by atoms with Crippen molar-refractivity contribution in [3.63, 3.8) is 0 Å². The molecule has 1 N–H and O–H groups in total. The van der Waals surface area contributed by atoms with Crippen molar-refractivity contribution in [3.05, 3.63) is 23.1 Å². The summed E-state index contributed by atoms with van der Waals surface area (Å²) in [5.41, 5.74) is 0.947. The van der Waals surface area contributed by atoms with E-state index in [1.165, 1.54) is 0 Å². The van der Waals surface area contributed by atoms with Crippen molar-refractivity contribution in [1.29, 1.82) is 0 Å². The Hall–Kier alpha value is -0.710. The second-order valence-corrected chi connectivity index (χ2v) is 4.24. The Morgan fingerprint density at radius 2 is 2.29 bits per heavy atom. The van der Waals surface area contributed by atoms with Crippen LogP contribution in [0, 0.1) is 0 Å². The monoisotopic (exact) mass is 226 g/mol. The quantitative estimate of drug-likeness (QED) is 0.771. The number of ether oxygens (including phenoxy) is 1. The second kappa shape index (κ2) is 3.81. The Balaban J connectivity index is 2.72. The molecule has 0 saturated carbocycles. The molecular formula is C10H10O2S2. The lowest BCUT2D eigenvalue weighted by Gasteiger charge is -2.04. The maximum atomic E-state index is 9.09. The molecule has 0 aliphatic heterocycles. The van der Waals surface area contributed by atoms with E-state index in [9.17, 15) is 0 Å². The number of thiophene rings is 1. The molecule has 14 heavy (non-hydrogen) atoms. The minimum Gasteiger partial charge on any atom is -0.496 e. The third kappa shape index (κ3) is 1.39. The number of hydrogen-bond donors (Lipinski definition) is 2. The van der Waals surface area contributed by atoms with Crippen LogP contribution in [0.2, 0.25) is 0 Å². The first-order chi connectivity index (χ1) is 6.77. The van der Waals surface area contributed by atoms with E-state index >= 15 is 0 Å². The molecule has 4 heteroatoms. The average Bonchev–Trinajstić information content (AvgIpc) is 2.62. The number of aliphatic hydroxyl groups is 1. The van der Waals surface area contributed by atoms with E-state index in [4.69, 9.17) is 9.84 Å². The van der Waals surface area contributed by atoms with Gasteiger partial charge >= 0.3 is 0 Å². The molecule has 0 aliphatic rings. The highest BCUT2D eigenvalue weighted by atomic mass is 32.1. The Morgan fingerprint density at radius 3 is 2.93 bits per heavy atom. The fourth-order valence-corrected chi connectivity index (χ4v) is 2.85. The topological polar surface area (TPSA) is 29.5 Å². The van der Waals surface area contributed by atoms with Crippen molar-refractivity contribution in [2.24, 2.45) is 0 Å². The van der Waals surface area contributed by atoms with Gasteiger partial charge in [-0.3, -0.25) is 0 Å². The van der Waals surface area contributed by atoms with Gasteiger partial charge in [-0.1, -0.05) is 0 Å². The lowest BCUT2D eigenvalue weighted by atomic mass is 10.2. The molecule has 0 atom stereocenters. The van der Waals surface area contributed by atoms with E-state index < -0.39 is 0 Å². The van der Waals surface area contributed by atoms with Gasteiger partial charge in [-0.2, -0.15) is 0 Å². The number of thiol groups is 1. The maximum Gasteiger partial charge on any atom is 0.133 e. The number of aliphatic hydroxyl groups excluding tert-OH is 1. The summed E-state index contributed by atoms with van der Waals surface area (Å²) >= 11 is 5.98. The third-order valence-electron chi connectivity index (χ3n) is 2.15. The fraction of sp³-hybridized carbons (Fsp3) is 0.200. The number of hydrogen-bond acceptors (Lipinski definition) is 4. The van der Waals surface area contributed by atoms with Crippen LogP contribution in [-0.2, 0) is 6.61 Å². The van der Waals surface area contributed by atoms with Crippen molar-refractivity contribution in [1.82, 2.24) is 0 Å². The van der Waals surface area contributed by atoms with Crippen LogP contribution in [0.15, 0.2) is 22.4 Å². The molecule has 0 fully saturated rings. The predicted molar refractivity (Wildman–Crippen MR) is 61.6 cm³/mol. The van der Waals surface area contributed by atoms with Gasteiger partial charge < -0.3 is 9.84 Å². The first-order valence-corrected chi connectivity index (χ1v) is 5.47. The first kappa shape index (κ1) is 9.83. The molecule has 1 aromatic carbocycles. The predicted octanol–water partition coefficient (Wildman–Crippen LogP) is 2.69. The summed E-state index contributed by atoms with van der Waals surface area (Å²) in [6.45, 7) is 0.0690. The Morgan fingerprint density at radius 1 is 1.50 bits per heavy atom. The van der Waals surface area contributed by atoms with Crippen LogP contribution in [0.4, 0.5) is 0 Å². The summed E-state index contributed by atoms with van der Waals surface area (Å²) in [6.07, 6.45) is 0. The first-order valence-electron chi connectivity index (χ1n) is 4.14. The van der Waals surface area contributed by atoms with Gasteiger partial charge in [0.25, 0.3) is 0 Å². The molecule has 0 radical (unpaired) electrons. The van der Waals surface area contributed by atoms with Crippen molar-refractivity contribution in [2.75, 3.05) is 7.11 Å². The van der Waals surface area contributed by atoms with Crippen molar-refractivity contribution in [3.8, 4) is 5.75 Å². The molecule has 0 saturated heterocycles. The van der Waals surface area contributed by atoms with Crippen LogP contribution in [0.3, 0.4) is 0 Å². The summed E-state index contributed by atoms with van der Waals surface area (Å²) in [4.78, 5) is 0.842. The molecule has 1 heterocycles. The van der Waals surface area contributed by atoms with E-state index in [1.807, 2.05) is 17.5 Å². The van der Waals surface area contributed by atoms with E-state index in [-0.39, 0.29) is 6.61 Å². The Kier molecular flexibility index (Phi) is 2.67. The highest BCUT2D eigenvalue weighted by Gasteiger charge is 2.09. The highest BCUT2D eigenvalue weighted by molar-refractivity contribution is 7.81. The van der Waals surface area contributed by atoms with Crippen LogP contribution < -0.4 is 4.74 Å². The molecule has 2 aromatic rings. The molecule has 2 nitrogen and oxygen atoms in total. The van der Waals surface area contributed by atoms with Crippen LogP contribution in [0.5, 0.6) is 5.75 Å². The number of fused-ring (bicyclic) bond motifs is 1. The second-order valence-electron chi connectivity index (χ2n) is 2.91. The zero-order valence-electron chi connectivity index (χ0n) is 7.65. The summed E-state index contributed by atoms with van der Waals surface area (Å²) in [5.74, 6) is 0.771. The summed E-state index contributed by atoms with van der Waals surface area (Å²) in [7, 11) is 1.63. The largest absolute Gasteiger partial charge is 0.496 e. The van der Waals surface area contributed by atoms with Crippen molar-refractivity contribution < 1.29 is 9.84 Å². The fourth-order valence-electron chi connectivity index (χ4n) is 1.41. The molecule has 0 aliphatic carbocycles. The minimum atomic E-state index is 0.0690. The summed E-state index contributed by atoms with van der Waals surface area (Å²) in [5, 5.41) is 12.1. The average molecular weight is 226 g/mol. The van der Waals surface area contributed by atoms with E-state index in [0.717, 1.165) is 26.3 Å². The minimum absolute atomic E-state index is 0.0690. The molecule has 1 aromatic heterocycles. The zero-order valence-corrected chi connectivity index (χ0v) is 9.36. The van der Waals surface area contributed by atoms with Gasteiger partial charge in [0, 0.05) is 0 Å². The van der Waals surface area contributed by atoms with Gasteiger partial charge in [0.15, 0.2) is 0 Å². The molecule has 0 unspecified atom stereocenters. The van der Waals surface area contributed by atoms with Crippen LogP contribution in [0.1, 0.15) is 5.56 Å². The molecule has 74 valence electrons. The lowest BCUT2D eigenvalue weighted by Crippen LogP contribution is -1.85.